The molecule has 1 aromatic rings. The number of benzene rings is 1. The first-order valence-corrected chi connectivity index (χ1v) is 6.92. The highest BCUT2D eigenvalue weighted by molar-refractivity contribution is 5.89. The second kappa shape index (κ2) is 7.64. The van der Waals surface area contributed by atoms with Crippen molar-refractivity contribution in [2.24, 2.45) is 17.4 Å². The van der Waals surface area contributed by atoms with Crippen molar-refractivity contribution < 1.29 is 14.7 Å². The third kappa shape index (κ3) is 5.83. The normalized spacial score (nSPS) is 13.7. The van der Waals surface area contributed by atoms with Crippen molar-refractivity contribution in [3.63, 3.8) is 0 Å². The van der Waals surface area contributed by atoms with Gasteiger partial charge in [0.2, 0.25) is 11.8 Å². The SMILES string of the molecule is CC(C)C[C@H](NC(=O)C(N)Cc1ccc(O)cc1)C(N)=O. The Hall–Kier alpha value is -2.08. The molecule has 0 aliphatic carbocycles. The number of aromatic hydroxyl groups is 1. The lowest BCUT2D eigenvalue weighted by molar-refractivity contribution is -0.128. The first-order valence-electron chi connectivity index (χ1n) is 6.92. The highest BCUT2D eigenvalue weighted by Crippen LogP contribution is 2.11. The van der Waals surface area contributed by atoms with Crippen LogP contribution in [0, 0.1) is 5.92 Å². The lowest BCUT2D eigenvalue weighted by atomic mass is 10.0. The van der Waals surface area contributed by atoms with E-state index in [-0.39, 0.29) is 11.7 Å². The predicted octanol–water partition coefficient (Wildman–Crippen LogP) is 0.278. The van der Waals surface area contributed by atoms with Gasteiger partial charge in [-0.1, -0.05) is 26.0 Å². The van der Waals surface area contributed by atoms with E-state index >= 15 is 0 Å². The summed E-state index contributed by atoms with van der Waals surface area (Å²) in [5, 5.41) is 11.8. The molecule has 0 fully saturated rings. The number of amides is 2. The second-order valence-corrected chi connectivity index (χ2v) is 5.57. The quantitative estimate of drug-likeness (QED) is 0.577. The van der Waals surface area contributed by atoms with Gasteiger partial charge in [-0.2, -0.15) is 0 Å². The minimum absolute atomic E-state index is 0.155. The lowest BCUT2D eigenvalue weighted by Gasteiger charge is -2.20. The Bertz CT molecular complexity index is 485. The molecular weight excluding hydrogens is 270 g/mol. The molecule has 0 saturated heterocycles. The summed E-state index contributed by atoms with van der Waals surface area (Å²) in [6.45, 7) is 3.89. The van der Waals surface area contributed by atoms with Crippen molar-refractivity contribution in [1.29, 1.82) is 0 Å². The molecule has 0 aromatic heterocycles. The van der Waals surface area contributed by atoms with Crippen LogP contribution in [0.2, 0.25) is 0 Å². The van der Waals surface area contributed by atoms with Crippen LogP contribution in [0.5, 0.6) is 5.75 Å². The molecule has 1 aromatic carbocycles. The number of rotatable bonds is 7. The summed E-state index contributed by atoms with van der Waals surface area (Å²) in [5.74, 6) is -0.583. The highest BCUT2D eigenvalue weighted by Gasteiger charge is 2.22. The summed E-state index contributed by atoms with van der Waals surface area (Å²) in [4.78, 5) is 23.3. The van der Waals surface area contributed by atoms with Gasteiger partial charge >= 0.3 is 0 Å². The fourth-order valence-electron chi connectivity index (χ4n) is 1.98. The maximum absolute atomic E-state index is 12.0. The van der Waals surface area contributed by atoms with Crippen LogP contribution in [-0.4, -0.2) is 29.0 Å². The zero-order valence-electron chi connectivity index (χ0n) is 12.4. The number of primary amides is 1. The van der Waals surface area contributed by atoms with Crippen molar-refractivity contribution in [3.05, 3.63) is 29.8 Å². The molecule has 0 spiro atoms. The first-order chi connectivity index (χ1) is 9.79. The van der Waals surface area contributed by atoms with Gasteiger partial charge in [-0.05, 0) is 36.5 Å². The highest BCUT2D eigenvalue weighted by atomic mass is 16.3. The molecule has 21 heavy (non-hydrogen) atoms. The summed E-state index contributed by atoms with van der Waals surface area (Å²) in [7, 11) is 0. The van der Waals surface area contributed by atoms with Crippen LogP contribution >= 0.6 is 0 Å². The number of carbonyl (C=O) groups is 2. The molecule has 0 aliphatic heterocycles. The van der Waals surface area contributed by atoms with Crippen LogP contribution in [0.4, 0.5) is 0 Å². The Morgan fingerprint density at radius 2 is 1.81 bits per heavy atom. The Morgan fingerprint density at radius 1 is 1.24 bits per heavy atom. The van der Waals surface area contributed by atoms with Gasteiger partial charge in [-0.15, -0.1) is 0 Å². The van der Waals surface area contributed by atoms with E-state index in [1.165, 1.54) is 12.1 Å². The smallest absolute Gasteiger partial charge is 0.240 e. The molecule has 6 N–H and O–H groups in total. The average Bonchev–Trinajstić information content (AvgIpc) is 2.39. The monoisotopic (exact) mass is 293 g/mol. The summed E-state index contributed by atoms with van der Waals surface area (Å²) in [6.07, 6.45) is 0.798. The number of hydrogen-bond acceptors (Lipinski definition) is 4. The van der Waals surface area contributed by atoms with E-state index in [4.69, 9.17) is 11.5 Å². The van der Waals surface area contributed by atoms with Crippen molar-refractivity contribution in [3.8, 4) is 5.75 Å². The predicted molar refractivity (Wildman–Crippen MR) is 80.4 cm³/mol. The molecule has 0 bridgehead atoms. The molecule has 6 nitrogen and oxygen atoms in total. The topological polar surface area (TPSA) is 118 Å². The summed E-state index contributed by atoms with van der Waals surface area (Å²) >= 11 is 0. The van der Waals surface area contributed by atoms with Crippen LogP contribution in [0.1, 0.15) is 25.8 Å². The molecule has 2 amide bonds. The number of nitrogens with one attached hydrogen (secondary N) is 1. The second-order valence-electron chi connectivity index (χ2n) is 5.57. The van der Waals surface area contributed by atoms with E-state index in [1.807, 2.05) is 13.8 Å². The molecule has 1 rings (SSSR count). The van der Waals surface area contributed by atoms with E-state index in [0.717, 1.165) is 5.56 Å². The van der Waals surface area contributed by atoms with E-state index in [0.29, 0.717) is 12.8 Å². The van der Waals surface area contributed by atoms with Gasteiger partial charge in [-0.25, -0.2) is 0 Å². The minimum atomic E-state index is -0.774. The minimum Gasteiger partial charge on any atom is -0.508 e. The van der Waals surface area contributed by atoms with Gasteiger partial charge in [0.25, 0.3) is 0 Å². The Balaban J connectivity index is 2.60. The summed E-state index contributed by atoms with van der Waals surface area (Å²) < 4.78 is 0. The third-order valence-corrected chi connectivity index (χ3v) is 3.10. The Kier molecular flexibility index (Phi) is 6.17. The largest absolute Gasteiger partial charge is 0.508 e. The van der Waals surface area contributed by atoms with Crippen molar-refractivity contribution in [1.82, 2.24) is 5.32 Å². The van der Waals surface area contributed by atoms with Crippen LogP contribution in [0.3, 0.4) is 0 Å². The van der Waals surface area contributed by atoms with E-state index in [2.05, 4.69) is 5.32 Å². The molecule has 0 heterocycles. The van der Waals surface area contributed by atoms with Crippen LogP contribution in [-0.2, 0) is 16.0 Å². The molecule has 0 saturated carbocycles. The lowest BCUT2D eigenvalue weighted by Crippen LogP contribution is -2.51. The van der Waals surface area contributed by atoms with E-state index in [1.54, 1.807) is 12.1 Å². The Morgan fingerprint density at radius 3 is 2.29 bits per heavy atom. The van der Waals surface area contributed by atoms with Crippen LogP contribution in [0.15, 0.2) is 24.3 Å². The van der Waals surface area contributed by atoms with Gasteiger partial charge in [0, 0.05) is 0 Å². The van der Waals surface area contributed by atoms with Gasteiger partial charge in [0.05, 0.1) is 6.04 Å². The van der Waals surface area contributed by atoms with E-state index in [9.17, 15) is 14.7 Å². The van der Waals surface area contributed by atoms with Crippen molar-refractivity contribution in [2.45, 2.75) is 38.8 Å². The van der Waals surface area contributed by atoms with Crippen molar-refractivity contribution >= 4 is 11.8 Å². The first kappa shape index (κ1) is 17.0. The zero-order valence-corrected chi connectivity index (χ0v) is 12.4. The zero-order chi connectivity index (χ0) is 16.0. The fourth-order valence-corrected chi connectivity index (χ4v) is 1.98. The molecule has 2 atom stereocenters. The summed E-state index contributed by atoms with van der Waals surface area (Å²) in [5.41, 5.74) is 11.9. The van der Waals surface area contributed by atoms with Gasteiger partial charge in [0.1, 0.15) is 11.8 Å². The standard InChI is InChI=1S/C15H23N3O3/c1-9(2)7-13(14(17)20)18-15(21)12(16)8-10-3-5-11(19)6-4-10/h3-6,9,12-13,19H,7-8,16H2,1-2H3,(H2,17,20)(H,18,21)/t12?,13-/m0/s1. The number of nitrogens with two attached hydrogens (primary N) is 2. The van der Waals surface area contributed by atoms with Gasteiger partial charge < -0.3 is 21.9 Å². The number of phenols is 1. The van der Waals surface area contributed by atoms with E-state index < -0.39 is 23.9 Å². The maximum atomic E-state index is 12.0. The Labute approximate surface area is 124 Å². The molecular formula is C15H23N3O3. The molecule has 0 aliphatic rings. The molecule has 6 heteroatoms. The number of carbonyl (C=O) groups excluding carboxylic acids is 2. The molecule has 1 unspecified atom stereocenters. The van der Waals surface area contributed by atoms with Gasteiger partial charge in [-0.3, -0.25) is 9.59 Å². The van der Waals surface area contributed by atoms with Crippen LogP contribution < -0.4 is 16.8 Å². The summed E-state index contributed by atoms with van der Waals surface area (Å²) in [6, 6.07) is 4.98. The van der Waals surface area contributed by atoms with Crippen LogP contribution in [0.25, 0.3) is 0 Å². The number of hydrogen-bond donors (Lipinski definition) is 4. The fraction of sp³-hybridized carbons (Fsp3) is 0.467. The van der Waals surface area contributed by atoms with Crippen molar-refractivity contribution in [2.75, 3.05) is 0 Å². The van der Waals surface area contributed by atoms with Gasteiger partial charge in [0.15, 0.2) is 0 Å². The number of phenolic OH excluding ortho intramolecular Hbond substituents is 1. The average molecular weight is 293 g/mol. The maximum Gasteiger partial charge on any atom is 0.240 e. The molecule has 116 valence electrons. The third-order valence-electron chi connectivity index (χ3n) is 3.10. The molecule has 0 radical (unpaired) electrons.